The Hall–Kier alpha value is -2.88. The van der Waals surface area contributed by atoms with Gasteiger partial charge >= 0.3 is 0 Å². The van der Waals surface area contributed by atoms with Crippen molar-refractivity contribution in [2.75, 3.05) is 0 Å². The van der Waals surface area contributed by atoms with Crippen molar-refractivity contribution in [3.05, 3.63) is 65.3 Å². The summed E-state index contributed by atoms with van der Waals surface area (Å²) in [6.45, 7) is 0. The van der Waals surface area contributed by atoms with Crippen molar-refractivity contribution >= 4 is 21.8 Å². The molecule has 0 bridgehead atoms. The summed E-state index contributed by atoms with van der Waals surface area (Å²) in [5.74, 6) is 0.766. The number of furan rings is 1. The molecule has 4 aromatic rings. The quantitative estimate of drug-likeness (QED) is 0.535. The van der Waals surface area contributed by atoms with E-state index in [0.717, 1.165) is 33.1 Å². The Kier molecular flexibility index (Phi) is 2.23. The second kappa shape index (κ2) is 4.06. The maximum absolute atomic E-state index is 11.5. The number of H-pyrrole nitrogens is 1. The molecule has 0 saturated carbocycles. The largest absolute Gasteiger partial charge is 0.464 e. The maximum Gasteiger partial charge on any atom is 0.248 e. The van der Waals surface area contributed by atoms with Gasteiger partial charge in [0.25, 0.3) is 0 Å². The van der Waals surface area contributed by atoms with Gasteiger partial charge in [-0.25, -0.2) is 0 Å². The smallest absolute Gasteiger partial charge is 0.248 e. The van der Waals surface area contributed by atoms with Gasteiger partial charge in [-0.1, -0.05) is 0 Å². The Morgan fingerprint density at radius 1 is 1.10 bits per heavy atom. The molecule has 3 heterocycles. The molecule has 20 heavy (non-hydrogen) atoms. The Balaban J connectivity index is 2.24. The van der Waals surface area contributed by atoms with E-state index in [-0.39, 0.29) is 5.56 Å². The summed E-state index contributed by atoms with van der Waals surface area (Å²) >= 11 is 0. The zero-order chi connectivity index (χ0) is 13.5. The van der Waals surface area contributed by atoms with Gasteiger partial charge in [0.05, 0.1) is 17.3 Å². The average Bonchev–Trinajstić information content (AvgIpc) is 3.01. The van der Waals surface area contributed by atoms with Crippen LogP contribution in [-0.2, 0) is 0 Å². The molecule has 4 heteroatoms. The number of aromatic nitrogens is 2. The standard InChI is InChI=1S/C16H10N2O2/c19-14-6-5-10-9-12(13-4-2-8-20-13)16-11(15(10)18-14)3-1-7-17-16/h1-9H,(H,18,19). The highest BCUT2D eigenvalue weighted by molar-refractivity contribution is 6.09. The van der Waals surface area contributed by atoms with Crippen LogP contribution in [0, 0.1) is 0 Å². The van der Waals surface area contributed by atoms with Gasteiger partial charge in [-0.05, 0) is 41.8 Å². The van der Waals surface area contributed by atoms with Gasteiger partial charge in [-0.3, -0.25) is 9.78 Å². The zero-order valence-electron chi connectivity index (χ0n) is 10.5. The minimum Gasteiger partial charge on any atom is -0.464 e. The van der Waals surface area contributed by atoms with Gasteiger partial charge in [0.1, 0.15) is 5.76 Å². The van der Waals surface area contributed by atoms with Gasteiger partial charge in [0.15, 0.2) is 0 Å². The van der Waals surface area contributed by atoms with E-state index in [1.807, 2.05) is 36.4 Å². The first-order valence-electron chi connectivity index (χ1n) is 6.27. The van der Waals surface area contributed by atoms with Crippen LogP contribution in [0.1, 0.15) is 0 Å². The fourth-order valence-corrected chi connectivity index (χ4v) is 2.49. The SMILES string of the molecule is O=c1ccc2cc(-c3ccco3)c3ncccc3c2[nH]1. The molecule has 1 N–H and O–H groups in total. The van der Waals surface area contributed by atoms with Crippen LogP contribution in [0.4, 0.5) is 0 Å². The summed E-state index contributed by atoms with van der Waals surface area (Å²) in [6.07, 6.45) is 3.38. The average molecular weight is 262 g/mol. The molecular formula is C16H10N2O2. The van der Waals surface area contributed by atoms with Crippen molar-refractivity contribution in [3.63, 3.8) is 0 Å². The molecule has 0 aliphatic heterocycles. The Labute approximate surface area is 113 Å². The highest BCUT2D eigenvalue weighted by Crippen LogP contribution is 2.32. The third-order valence-electron chi connectivity index (χ3n) is 3.37. The van der Waals surface area contributed by atoms with Gasteiger partial charge in [-0.15, -0.1) is 0 Å². The predicted molar refractivity (Wildman–Crippen MR) is 77.6 cm³/mol. The summed E-state index contributed by atoms with van der Waals surface area (Å²) in [6, 6.07) is 12.9. The molecule has 96 valence electrons. The predicted octanol–water partition coefficient (Wildman–Crippen LogP) is 3.34. The van der Waals surface area contributed by atoms with Crippen LogP contribution in [0.15, 0.2) is 64.1 Å². The van der Waals surface area contributed by atoms with Crippen LogP contribution < -0.4 is 5.56 Å². The summed E-state index contributed by atoms with van der Waals surface area (Å²) in [7, 11) is 0. The number of aromatic amines is 1. The zero-order valence-corrected chi connectivity index (χ0v) is 10.5. The summed E-state index contributed by atoms with van der Waals surface area (Å²) in [4.78, 5) is 18.9. The van der Waals surface area contributed by atoms with E-state index in [2.05, 4.69) is 9.97 Å². The van der Waals surface area contributed by atoms with E-state index < -0.39 is 0 Å². The molecule has 0 unspecified atom stereocenters. The molecule has 0 aliphatic rings. The van der Waals surface area contributed by atoms with Gasteiger partial charge in [0, 0.05) is 23.2 Å². The minimum atomic E-state index is -0.117. The van der Waals surface area contributed by atoms with Crippen molar-refractivity contribution in [3.8, 4) is 11.3 Å². The van der Waals surface area contributed by atoms with E-state index in [1.165, 1.54) is 6.07 Å². The van der Waals surface area contributed by atoms with E-state index in [1.54, 1.807) is 12.5 Å². The van der Waals surface area contributed by atoms with Crippen LogP contribution in [0.3, 0.4) is 0 Å². The summed E-state index contributed by atoms with van der Waals surface area (Å²) < 4.78 is 5.49. The summed E-state index contributed by atoms with van der Waals surface area (Å²) in [5.41, 5.74) is 2.42. The summed E-state index contributed by atoms with van der Waals surface area (Å²) in [5, 5.41) is 1.87. The highest BCUT2D eigenvalue weighted by Gasteiger charge is 2.11. The molecule has 4 nitrogen and oxygen atoms in total. The molecule has 4 rings (SSSR count). The lowest BCUT2D eigenvalue weighted by Gasteiger charge is -2.07. The molecule has 0 fully saturated rings. The number of hydrogen-bond donors (Lipinski definition) is 1. The Morgan fingerprint density at radius 3 is 2.90 bits per heavy atom. The van der Waals surface area contributed by atoms with Crippen LogP contribution in [0.25, 0.3) is 33.1 Å². The van der Waals surface area contributed by atoms with E-state index in [0.29, 0.717) is 0 Å². The first-order valence-corrected chi connectivity index (χ1v) is 6.27. The molecule has 0 saturated heterocycles. The number of pyridine rings is 2. The second-order valence-corrected chi connectivity index (χ2v) is 4.59. The van der Waals surface area contributed by atoms with Crippen molar-refractivity contribution in [2.45, 2.75) is 0 Å². The molecule has 0 atom stereocenters. The number of fused-ring (bicyclic) bond motifs is 3. The van der Waals surface area contributed by atoms with Crippen molar-refractivity contribution in [1.29, 1.82) is 0 Å². The number of nitrogens with zero attached hydrogens (tertiary/aromatic N) is 1. The third kappa shape index (κ3) is 1.55. The van der Waals surface area contributed by atoms with E-state index in [4.69, 9.17) is 4.42 Å². The second-order valence-electron chi connectivity index (χ2n) is 4.59. The number of hydrogen-bond acceptors (Lipinski definition) is 3. The van der Waals surface area contributed by atoms with Crippen molar-refractivity contribution in [1.82, 2.24) is 9.97 Å². The normalized spacial score (nSPS) is 11.2. The minimum absolute atomic E-state index is 0.117. The highest BCUT2D eigenvalue weighted by atomic mass is 16.3. The Morgan fingerprint density at radius 2 is 2.05 bits per heavy atom. The van der Waals surface area contributed by atoms with Crippen molar-refractivity contribution in [2.24, 2.45) is 0 Å². The monoisotopic (exact) mass is 262 g/mol. The Bertz CT molecular complexity index is 969. The van der Waals surface area contributed by atoms with E-state index >= 15 is 0 Å². The van der Waals surface area contributed by atoms with Crippen molar-refractivity contribution < 1.29 is 4.42 Å². The third-order valence-corrected chi connectivity index (χ3v) is 3.37. The number of nitrogens with one attached hydrogen (secondary N) is 1. The van der Waals surface area contributed by atoms with Crippen LogP contribution in [-0.4, -0.2) is 9.97 Å². The lowest BCUT2D eigenvalue weighted by Crippen LogP contribution is -2.03. The molecule has 3 aromatic heterocycles. The lowest BCUT2D eigenvalue weighted by molar-refractivity contribution is 0.583. The molecular weight excluding hydrogens is 252 g/mol. The topological polar surface area (TPSA) is 58.9 Å². The molecule has 1 aromatic carbocycles. The van der Waals surface area contributed by atoms with E-state index in [9.17, 15) is 4.79 Å². The van der Waals surface area contributed by atoms with Crippen LogP contribution in [0.2, 0.25) is 0 Å². The maximum atomic E-state index is 11.5. The fraction of sp³-hybridized carbons (Fsp3) is 0. The fourth-order valence-electron chi connectivity index (χ4n) is 2.49. The van der Waals surface area contributed by atoms with Gasteiger partial charge in [-0.2, -0.15) is 0 Å². The molecule has 0 amide bonds. The lowest BCUT2D eigenvalue weighted by atomic mass is 10.0. The first-order chi connectivity index (χ1) is 9.83. The molecule has 0 aliphatic carbocycles. The first kappa shape index (κ1) is 11.0. The van der Waals surface area contributed by atoms with Gasteiger partial charge < -0.3 is 9.40 Å². The van der Waals surface area contributed by atoms with Crippen LogP contribution in [0.5, 0.6) is 0 Å². The molecule has 0 radical (unpaired) electrons. The van der Waals surface area contributed by atoms with Crippen LogP contribution >= 0.6 is 0 Å². The van der Waals surface area contributed by atoms with Gasteiger partial charge in [0.2, 0.25) is 5.56 Å². The number of benzene rings is 1. The number of rotatable bonds is 1. The molecule has 0 spiro atoms.